The molecule has 0 aromatic heterocycles. The van der Waals surface area contributed by atoms with E-state index in [1.807, 2.05) is 31.2 Å². The summed E-state index contributed by atoms with van der Waals surface area (Å²) in [7, 11) is 1.75. The first kappa shape index (κ1) is 10.4. The van der Waals surface area contributed by atoms with Crippen molar-refractivity contribution < 1.29 is 4.79 Å². The summed E-state index contributed by atoms with van der Waals surface area (Å²) in [5, 5.41) is 0. The van der Waals surface area contributed by atoms with Crippen LogP contribution in [0.5, 0.6) is 0 Å². The fraction of sp³-hybridized carbons (Fsp3) is 0.273. The third kappa shape index (κ3) is 2.42. The largest absolute Gasteiger partial charge is 0.369 e. The minimum atomic E-state index is -0.312. The summed E-state index contributed by atoms with van der Waals surface area (Å²) in [6.07, 6.45) is 7.96. The number of nitrogens with two attached hydrogens (primary N) is 1. The topological polar surface area (TPSA) is 55.5 Å². The lowest BCUT2D eigenvalue weighted by atomic mass is 9.98. The second-order valence-electron chi connectivity index (χ2n) is 3.05. The molecular formula is C11H14N2O. The third-order valence-electron chi connectivity index (χ3n) is 2.02. The Morgan fingerprint density at radius 3 is 2.79 bits per heavy atom. The molecule has 0 aliphatic heterocycles. The van der Waals surface area contributed by atoms with Crippen LogP contribution in [0.3, 0.4) is 0 Å². The van der Waals surface area contributed by atoms with Crippen LogP contribution in [0.25, 0.3) is 0 Å². The number of hydrogen-bond donors (Lipinski definition) is 1. The van der Waals surface area contributed by atoms with E-state index in [9.17, 15) is 4.79 Å². The molecule has 0 spiro atoms. The predicted octanol–water partition coefficient (Wildman–Crippen LogP) is 1.38. The van der Waals surface area contributed by atoms with E-state index in [4.69, 9.17) is 5.73 Å². The lowest BCUT2D eigenvalue weighted by Gasteiger charge is -2.09. The lowest BCUT2D eigenvalue weighted by Crippen LogP contribution is -2.12. The van der Waals surface area contributed by atoms with E-state index in [0.29, 0.717) is 0 Å². The van der Waals surface area contributed by atoms with Gasteiger partial charge in [-0.3, -0.25) is 9.79 Å². The first-order chi connectivity index (χ1) is 6.67. The number of allylic oxidation sites excluding steroid dienone is 5. The van der Waals surface area contributed by atoms with Crippen molar-refractivity contribution in [3.05, 3.63) is 35.5 Å². The van der Waals surface area contributed by atoms with Gasteiger partial charge in [0.1, 0.15) is 0 Å². The number of amides is 1. The van der Waals surface area contributed by atoms with Gasteiger partial charge in [-0.05, 0) is 30.2 Å². The average Bonchev–Trinajstić information content (AvgIpc) is 2.16. The molecule has 0 unspecified atom stereocenters. The third-order valence-corrected chi connectivity index (χ3v) is 2.02. The van der Waals surface area contributed by atoms with Crippen LogP contribution in [0.2, 0.25) is 0 Å². The minimum Gasteiger partial charge on any atom is -0.369 e. The van der Waals surface area contributed by atoms with Gasteiger partial charge in [-0.1, -0.05) is 12.2 Å². The minimum absolute atomic E-state index is 0.283. The molecule has 1 rings (SSSR count). The molecular weight excluding hydrogens is 176 g/mol. The van der Waals surface area contributed by atoms with Crippen molar-refractivity contribution in [3.63, 3.8) is 0 Å². The van der Waals surface area contributed by atoms with Gasteiger partial charge in [-0.15, -0.1) is 0 Å². The first-order valence-electron chi connectivity index (χ1n) is 4.47. The molecule has 0 bridgehead atoms. The Balaban J connectivity index is 2.91. The number of carbonyl (C=O) groups excluding carboxylic acids is 1. The number of carbonyl (C=O) groups is 1. The van der Waals surface area contributed by atoms with Crippen LogP contribution in [0.1, 0.15) is 13.3 Å². The van der Waals surface area contributed by atoms with Crippen molar-refractivity contribution in [1.29, 1.82) is 0 Å². The fourth-order valence-electron chi connectivity index (χ4n) is 1.35. The van der Waals surface area contributed by atoms with Crippen LogP contribution >= 0.6 is 0 Å². The average molecular weight is 190 g/mol. The number of nitrogens with zero attached hydrogens (tertiary/aromatic N) is 1. The van der Waals surface area contributed by atoms with Crippen molar-refractivity contribution in [2.75, 3.05) is 7.05 Å². The van der Waals surface area contributed by atoms with E-state index >= 15 is 0 Å². The second kappa shape index (κ2) is 4.56. The molecule has 0 heterocycles. The maximum atomic E-state index is 10.7. The van der Waals surface area contributed by atoms with E-state index in [0.717, 1.165) is 16.9 Å². The van der Waals surface area contributed by atoms with Gasteiger partial charge in [0.15, 0.2) is 0 Å². The van der Waals surface area contributed by atoms with Crippen molar-refractivity contribution in [3.8, 4) is 0 Å². The van der Waals surface area contributed by atoms with Crippen molar-refractivity contribution >= 4 is 11.6 Å². The molecule has 0 fully saturated rings. The first-order valence-corrected chi connectivity index (χ1v) is 4.47. The predicted molar refractivity (Wildman–Crippen MR) is 58.2 cm³/mol. The van der Waals surface area contributed by atoms with E-state index in [2.05, 4.69) is 4.99 Å². The summed E-state index contributed by atoms with van der Waals surface area (Å²) in [6, 6.07) is 0. The number of primary amides is 1. The molecule has 0 saturated carbocycles. The van der Waals surface area contributed by atoms with Crippen LogP contribution in [0.15, 0.2) is 40.4 Å². The van der Waals surface area contributed by atoms with Crippen LogP contribution in [0, 0.1) is 0 Å². The van der Waals surface area contributed by atoms with Crippen LogP contribution in [0.4, 0.5) is 0 Å². The molecule has 1 aliphatic rings. The highest BCUT2D eigenvalue weighted by Gasteiger charge is 2.08. The van der Waals surface area contributed by atoms with Gasteiger partial charge in [-0.2, -0.15) is 0 Å². The monoisotopic (exact) mass is 190 g/mol. The van der Waals surface area contributed by atoms with E-state index in [1.54, 1.807) is 7.05 Å². The summed E-state index contributed by atoms with van der Waals surface area (Å²) in [4.78, 5) is 14.8. The van der Waals surface area contributed by atoms with Crippen LogP contribution < -0.4 is 5.73 Å². The highest BCUT2D eigenvalue weighted by Crippen LogP contribution is 2.16. The maximum absolute atomic E-state index is 10.7. The van der Waals surface area contributed by atoms with Gasteiger partial charge in [0.2, 0.25) is 5.91 Å². The number of rotatable bonds is 2. The number of aliphatic imine (C=N–C) groups is 1. The zero-order chi connectivity index (χ0) is 10.6. The van der Waals surface area contributed by atoms with Crippen molar-refractivity contribution in [2.24, 2.45) is 10.7 Å². The van der Waals surface area contributed by atoms with E-state index in [1.165, 1.54) is 0 Å². The summed E-state index contributed by atoms with van der Waals surface area (Å²) < 4.78 is 0. The van der Waals surface area contributed by atoms with Crippen LogP contribution in [-0.2, 0) is 4.79 Å². The Hall–Kier alpha value is -1.64. The smallest absolute Gasteiger partial charge is 0.221 e. The van der Waals surface area contributed by atoms with Gasteiger partial charge in [0.25, 0.3) is 0 Å². The van der Waals surface area contributed by atoms with Gasteiger partial charge in [0, 0.05) is 7.05 Å². The lowest BCUT2D eigenvalue weighted by molar-refractivity contribution is -0.117. The molecule has 3 heteroatoms. The van der Waals surface area contributed by atoms with E-state index < -0.39 is 0 Å². The van der Waals surface area contributed by atoms with Gasteiger partial charge < -0.3 is 5.73 Å². The number of hydrogen-bond acceptors (Lipinski definition) is 2. The molecule has 1 amide bonds. The van der Waals surface area contributed by atoms with E-state index in [-0.39, 0.29) is 12.3 Å². The van der Waals surface area contributed by atoms with Gasteiger partial charge in [0.05, 0.1) is 12.1 Å². The molecule has 3 nitrogen and oxygen atoms in total. The Morgan fingerprint density at radius 2 is 2.29 bits per heavy atom. The van der Waals surface area contributed by atoms with Crippen molar-refractivity contribution in [1.82, 2.24) is 0 Å². The molecule has 0 radical (unpaired) electrons. The Kier molecular flexibility index (Phi) is 3.40. The second-order valence-corrected chi connectivity index (χ2v) is 3.05. The molecule has 0 aromatic carbocycles. The summed E-state index contributed by atoms with van der Waals surface area (Å²) in [5.74, 6) is -0.312. The summed E-state index contributed by atoms with van der Waals surface area (Å²) in [6.45, 7) is 1.94. The molecule has 1 aliphatic carbocycles. The zero-order valence-electron chi connectivity index (χ0n) is 8.45. The molecule has 0 aromatic rings. The molecule has 0 saturated heterocycles. The fourth-order valence-corrected chi connectivity index (χ4v) is 1.35. The summed E-state index contributed by atoms with van der Waals surface area (Å²) in [5.41, 5.74) is 8.01. The molecule has 0 atom stereocenters. The highest BCUT2D eigenvalue weighted by molar-refractivity contribution is 6.11. The summed E-state index contributed by atoms with van der Waals surface area (Å²) >= 11 is 0. The Labute approximate surface area is 83.7 Å². The van der Waals surface area contributed by atoms with Crippen molar-refractivity contribution in [2.45, 2.75) is 13.3 Å². The normalized spacial score (nSPS) is 21.4. The molecule has 74 valence electrons. The SMILES string of the molecule is C/C=C1/C=C(CC(N)=O)C=CC1=NC. The van der Waals surface area contributed by atoms with Gasteiger partial charge in [-0.25, -0.2) is 0 Å². The quantitative estimate of drug-likeness (QED) is 0.702. The maximum Gasteiger partial charge on any atom is 0.221 e. The zero-order valence-corrected chi connectivity index (χ0v) is 8.45. The molecule has 2 N–H and O–H groups in total. The van der Waals surface area contributed by atoms with Gasteiger partial charge >= 0.3 is 0 Å². The Morgan fingerprint density at radius 1 is 1.57 bits per heavy atom. The standard InChI is InChI=1S/C11H14N2O/c1-3-9-6-8(7-11(12)14)4-5-10(9)13-2/h3-6H,7H2,1-2H3,(H2,12,14)/b9-3-,13-10?. The highest BCUT2D eigenvalue weighted by atomic mass is 16.1. The Bertz CT molecular complexity index is 359. The molecule has 14 heavy (non-hydrogen) atoms. The van der Waals surface area contributed by atoms with Crippen LogP contribution in [-0.4, -0.2) is 18.7 Å².